The summed E-state index contributed by atoms with van der Waals surface area (Å²) in [5.74, 6) is -1.07. The van der Waals surface area contributed by atoms with Gasteiger partial charge in [-0.25, -0.2) is 4.79 Å². The lowest BCUT2D eigenvalue weighted by molar-refractivity contribution is -0.140. The molecular weight excluding hydrogens is 507 g/mol. The van der Waals surface area contributed by atoms with E-state index in [1.54, 1.807) is 14.0 Å². The van der Waals surface area contributed by atoms with E-state index in [1.165, 1.54) is 16.4 Å². The first-order valence-electron chi connectivity index (χ1n) is 13.3. The van der Waals surface area contributed by atoms with Crippen LogP contribution in [0, 0.1) is 0 Å². The van der Waals surface area contributed by atoms with Gasteiger partial charge in [0, 0.05) is 0 Å². The maximum Gasteiger partial charge on any atom is 0.366 e. The van der Waals surface area contributed by atoms with Crippen molar-refractivity contribution in [2.24, 2.45) is 0 Å². The van der Waals surface area contributed by atoms with E-state index in [-0.39, 0.29) is 11.6 Å². The minimum Gasteiger partial charge on any atom is -0.497 e. The molecule has 0 spiro atoms. The fraction of sp³-hybridized carbons (Fsp3) is 0.303. The Labute approximate surface area is 233 Å². The fourth-order valence-electron chi connectivity index (χ4n) is 4.84. The van der Waals surface area contributed by atoms with Gasteiger partial charge in [-0.1, -0.05) is 99.7 Å². The van der Waals surface area contributed by atoms with Crippen molar-refractivity contribution in [2.75, 3.05) is 20.3 Å². The number of esters is 1. The topological polar surface area (TPSA) is 44.8 Å². The molecule has 0 aliphatic carbocycles. The van der Waals surface area contributed by atoms with Crippen LogP contribution >= 0.6 is 0 Å². The summed E-state index contributed by atoms with van der Waals surface area (Å²) >= 11 is 0. The Hall–Kier alpha value is -3.48. The normalized spacial score (nSPS) is 12.5. The maximum absolute atomic E-state index is 14.0. The van der Waals surface area contributed by atoms with Crippen LogP contribution in [0.1, 0.15) is 45.2 Å². The van der Waals surface area contributed by atoms with Gasteiger partial charge in [0.15, 0.2) is 0 Å². The molecule has 4 nitrogen and oxygen atoms in total. The molecule has 0 radical (unpaired) electrons. The highest BCUT2D eigenvalue weighted by Gasteiger charge is 2.49. The van der Waals surface area contributed by atoms with Gasteiger partial charge in [0.1, 0.15) is 5.75 Å². The summed E-state index contributed by atoms with van der Waals surface area (Å²) in [6.07, 6.45) is 6.26. The molecule has 0 aromatic heterocycles. The molecule has 0 fully saturated rings. The van der Waals surface area contributed by atoms with Crippen molar-refractivity contribution in [3.8, 4) is 5.75 Å². The van der Waals surface area contributed by atoms with Crippen molar-refractivity contribution in [3.05, 3.63) is 108 Å². The quantitative estimate of drug-likeness (QED) is 0.145. The molecular formula is C33H39FO4Si. The Balaban J connectivity index is 1.86. The summed E-state index contributed by atoms with van der Waals surface area (Å²) in [5.41, 5.74) is 1.98. The second-order valence-corrected chi connectivity index (χ2v) is 14.6. The number of carbonyl (C=O) groups is 1. The van der Waals surface area contributed by atoms with Crippen LogP contribution in [0.2, 0.25) is 5.04 Å². The minimum absolute atomic E-state index is 0.107. The molecule has 3 aromatic rings. The highest BCUT2D eigenvalue weighted by Crippen LogP contribution is 2.36. The Bertz CT molecular complexity index is 1220. The Morgan fingerprint density at radius 2 is 1.56 bits per heavy atom. The van der Waals surface area contributed by atoms with Crippen LogP contribution in [-0.2, 0) is 20.4 Å². The van der Waals surface area contributed by atoms with Crippen molar-refractivity contribution in [1.82, 2.24) is 0 Å². The summed E-state index contributed by atoms with van der Waals surface area (Å²) in [5, 5.41) is 2.36. The Morgan fingerprint density at radius 1 is 0.949 bits per heavy atom. The number of hydrogen-bond acceptors (Lipinski definition) is 4. The zero-order valence-corrected chi connectivity index (χ0v) is 24.6. The molecule has 3 rings (SSSR count). The molecule has 0 atom stereocenters. The third-order valence-corrected chi connectivity index (χ3v) is 11.7. The van der Waals surface area contributed by atoms with Gasteiger partial charge in [0.05, 0.1) is 20.3 Å². The lowest BCUT2D eigenvalue weighted by Gasteiger charge is -2.42. The molecule has 0 heterocycles. The number of allylic oxidation sites excluding steroid dienone is 1. The first-order valence-corrected chi connectivity index (χ1v) is 15.2. The van der Waals surface area contributed by atoms with Gasteiger partial charge < -0.3 is 13.9 Å². The number of carbonyl (C=O) groups excluding carboxylic acids is 1. The second-order valence-electron chi connectivity index (χ2n) is 10.3. The van der Waals surface area contributed by atoms with E-state index in [2.05, 4.69) is 69.3 Å². The van der Waals surface area contributed by atoms with Gasteiger partial charge in [-0.3, -0.25) is 0 Å². The highest BCUT2D eigenvalue weighted by atomic mass is 28.4. The van der Waals surface area contributed by atoms with Gasteiger partial charge in [-0.2, -0.15) is 4.39 Å². The van der Waals surface area contributed by atoms with Gasteiger partial charge in [-0.15, -0.1) is 0 Å². The molecule has 3 aromatic carbocycles. The summed E-state index contributed by atoms with van der Waals surface area (Å²) in [4.78, 5) is 11.6. The average Bonchev–Trinajstić information content (AvgIpc) is 2.94. The van der Waals surface area contributed by atoms with E-state index in [0.29, 0.717) is 19.4 Å². The number of halogens is 1. The van der Waals surface area contributed by atoms with Crippen molar-refractivity contribution in [2.45, 2.75) is 45.6 Å². The van der Waals surface area contributed by atoms with Crippen molar-refractivity contribution in [1.29, 1.82) is 0 Å². The smallest absolute Gasteiger partial charge is 0.366 e. The van der Waals surface area contributed by atoms with E-state index in [9.17, 15) is 9.18 Å². The largest absolute Gasteiger partial charge is 0.497 e. The molecule has 0 unspecified atom stereocenters. The van der Waals surface area contributed by atoms with Crippen LogP contribution < -0.4 is 15.1 Å². The Morgan fingerprint density at radius 3 is 2.10 bits per heavy atom. The third-order valence-electron chi connectivity index (χ3n) is 6.67. The van der Waals surface area contributed by atoms with E-state index >= 15 is 0 Å². The summed E-state index contributed by atoms with van der Waals surface area (Å²) in [6.45, 7) is 9.00. The third kappa shape index (κ3) is 7.55. The number of benzene rings is 3. The SMILES string of the molecule is CCOC(=O)/C(F)=C\CCc1cc(OC)ccc1/C=C/CO[Si](c1ccccc1)(c1ccccc1)C(C)(C)C. The van der Waals surface area contributed by atoms with Crippen molar-refractivity contribution < 1.29 is 23.1 Å². The number of rotatable bonds is 12. The van der Waals surface area contributed by atoms with Gasteiger partial charge in [0.2, 0.25) is 5.83 Å². The van der Waals surface area contributed by atoms with Crippen LogP contribution in [0.5, 0.6) is 5.75 Å². The lowest BCUT2D eigenvalue weighted by atomic mass is 10.0. The minimum atomic E-state index is -2.63. The molecule has 0 bridgehead atoms. The van der Waals surface area contributed by atoms with Gasteiger partial charge >= 0.3 is 5.97 Å². The van der Waals surface area contributed by atoms with Crippen LogP contribution in [0.15, 0.2) is 96.8 Å². The van der Waals surface area contributed by atoms with E-state index in [0.717, 1.165) is 16.9 Å². The van der Waals surface area contributed by atoms with E-state index < -0.39 is 20.1 Å². The first kappa shape index (κ1) is 30.1. The molecule has 0 saturated carbocycles. The van der Waals surface area contributed by atoms with Crippen molar-refractivity contribution in [3.63, 3.8) is 0 Å². The summed E-state index contributed by atoms with van der Waals surface area (Å²) in [7, 11) is -1.01. The van der Waals surface area contributed by atoms with Gasteiger partial charge in [-0.05, 0) is 64.5 Å². The maximum atomic E-state index is 14.0. The van der Waals surface area contributed by atoms with Gasteiger partial charge in [0.25, 0.3) is 8.32 Å². The predicted octanol–water partition coefficient (Wildman–Crippen LogP) is 6.63. The number of ether oxygens (including phenoxy) is 2. The first-order chi connectivity index (χ1) is 18.7. The summed E-state index contributed by atoms with van der Waals surface area (Å²) in [6, 6.07) is 26.9. The Kier molecular flexibility index (Phi) is 10.8. The molecule has 0 N–H and O–H groups in total. The molecule has 39 heavy (non-hydrogen) atoms. The van der Waals surface area contributed by atoms with Crippen molar-refractivity contribution >= 4 is 30.7 Å². The van der Waals surface area contributed by atoms with E-state index in [4.69, 9.17) is 13.9 Å². The van der Waals surface area contributed by atoms with Crippen LogP contribution in [0.25, 0.3) is 6.08 Å². The molecule has 206 valence electrons. The zero-order chi connectivity index (χ0) is 28.3. The second kappa shape index (κ2) is 14.1. The molecule has 0 amide bonds. The fourth-order valence-corrected chi connectivity index (χ4v) is 9.34. The lowest BCUT2D eigenvalue weighted by Crippen LogP contribution is -2.66. The standard InChI is InChI=1S/C33H39FO4Si/c1-6-37-32(35)31(34)21-13-15-27-25-28(36-5)23-22-26(27)16-14-24-38-39(33(2,3)4,29-17-9-7-10-18-29)30-19-11-8-12-20-30/h7-12,14,16-23,25H,6,13,15,24H2,1-5H3/b16-14+,31-21+. The molecule has 0 aliphatic rings. The van der Waals surface area contributed by atoms with E-state index in [1.807, 2.05) is 42.5 Å². The molecule has 6 heteroatoms. The molecule has 0 aliphatic heterocycles. The number of hydrogen-bond donors (Lipinski definition) is 0. The van der Waals surface area contributed by atoms with Crippen LogP contribution in [0.3, 0.4) is 0 Å². The average molecular weight is 547 g/mol. The summed E-state index contributed by atoms with van der Waals surface area (Å²) < 4.78 is 31.1. The number of aryl methyl sites for hydroxylation is 1. The van der Waals surface area contributed by atoms with Crippen LogP contribution in [0.4, 0.5) is 4.39 Å². The highest BCUT2D eigenvalue weighted by molar-refractivity contribution is 6.99. The molecule has 0 saturated heterocycles. The van der Waals surface area contributed by atoms with Crippen LogP contribution in [-0.4, -0.2) is 34.6 Å². The zero-order valence-electron chi connectivity index (χ0n) is 23.6. The monoisotopic (exact) mass is 546 g/mol. The number of methoxy groups -OCH3 is 1. The predicted molar refractivity (Wildman–Crippen MR) is 160 cm³/mol.